The smallest absolute Gasteiger partial charge is 0.414 e. The van der Waals surface area contributed by atoms with Crippen molar-refractivity contribution in [3.63, 3.8) is 0 Å². The maximum absolute atomic E-state index is 10.9. The van der Waals surface area contributed by atoms with E-state index in [1.165, 1.54) is 6.20 Å². The molecule has 1 saturated heterocycles. The molecule has 11 nitrogen and oxygen atoms in total. The summed E-state index contributed by atoms with van der Waals surface area (Å²) in [6, 6.07) is 13.7. The fraction of sp³-hybridized carbons (Fsp3) is 0.370. The molecule has 0 spiro atoms. The second-order valence-electron chi connectivity index (χ2n) is 9.29. The SMILES string of the molecule is COc1cc(C=CCN2CCN(c3ccc(OC[C@H]4CCn5cc([N+](=O)[O-])nc5O4)cc3)CC2)ccc1O. The number of imidazole rings is 1. The lowest BCUT2D eigenvalue weighted by Gasteiger charge is -2.35. The van der Waals surface area contributed by atoms with Gasteiger partial charge in [-0.1, -0.05) is 18.2 Å². The molecule has 5 rings (SSSR count). The lowest BCUT2D eigenvalue weighted by atomic mass is 10.2. The average molecular weight is 522 g/mol. The minimum absolute atomic E-state index is 0.141. The Bertz CT molecular complexity index is 1280. The molecule has 200 valence electrons. The van der Waals surface area contributed by atoms with Gasteiger partial charge in [0.1, 0.15) is 24.7 Å². The molecule has 1 aromatic heterocycles. The van der Waals surface area contributed by atoms with Crippen molar-refractivity contribution in [3.8, 4) is 23.3 Å². The third kappa shape index (κ3) is 6.00. The number of benzene rings is 2. The van der Waals surface area contributed by atoms with Gasteiger partial charge in [0, 0.05) is 56.4 Å². The van der Waals surface area contributed by atoms with E-state index in [0.717, 1.165) is 49.7 Å². The van der Waals surface area contributed by atoms with Crippen LogP contribution in [0.1, 0.15) is 12.0 Å². The first kappa shape index (κ1) is 25.4. The summed E-state index contributed by atoms with van der Waals surface area (Å²) in [5, 5.41) is 20.6. The maximum atomic E-state index is 10.9. The molecule has 0 radical (unpaired) electrons. The molecule has 3 heterocycles. The number of phenols is 1. The number of rotatable bonds is 9. The summed E-state index contributed by atoms with van der Waals surface area (Å²) in [4.78, 5) is 19.1. The van der Waals surface area contributed by atoms with Crippen LogP contribution in [0.25, 0.3) is 6.08 Å². The van der Waals surface area contributed by atoms with Gasteiger partial charge in [0.2, 0.25) is 0 Å². The van der Waals surface area contributed by atoms with Gasteiger partial charge in [0.25, 0.3) is 0 Å². The number of methoxy groups -OCH3 is 1. The first-order valence-electron chi connectivity index (χ1n) is 12.6. The summed E-state index contributed by atoms with van der Waals surface area (Å²) < 4.78 is 18.5. The molecule has 38 heavy (non-hydrogen) atoms. The van der Waals surface area contributed by atoms with E-state index in [2.05, 4.69) is 33.0 Å². The first-order chi connectivity index (χ1) is 18.5. The summed E-state index contributed by atoms with van der Waals surface area (Å²) in [5.41, 5.74) is 2.15. The van der Waals surface area contributed by atoms with E-state index in [1.54, 1.807) is 17.7 Å². The summed E-state index contributed by atoms with van der Waals surface area (Å²) in [6.07, 6.45) is 6.07. The number of aromatic hydroxyl groups is 1. The number of aromatic nitrogens is 2. The highest BCUT2D eigenvalue weighted by Gasteiger charge is 2.28. The van der Waals surface area contributed by atoms with Gasteiger partial charge in [0.15, 0.2) is 11.5 Å². The Morgan fingerprint density at radius 1 is 1.16 bits per heavy atom. The van der Waals surface area contributed by atoms with Crippen LogP contribution in [0.4, 0.5) is 11.5 Å². The maximum Gasteiger partial charge on any atom is 0.414 e. The molecule has 2 aliphatic rings. The standard InChI is InChI=1S/C27H31N5O6/c1-36-25-17-20(4-9-24(25)33)3-2-11-29-13-15-30(16-14-29)21-5-7-22(8-6-21)37-19-23-10-12-31-18-26(32(34)35)28-27(31)38-23/h2-9,17-18,23,33H,10-16,19H2,1H3/t23-/m1/s1. The van der Waals surface area contributed by atoms with Crippen LogP contribution >= 0.6 is 0 Å². The summed E-state index contributed by atoms with van der Waals surface area (Å²) in [6.45, 7) is 5.63. The largest absolute Gasteiger partial charge is 0.504 e. The fourth-order valence-corrected chi connectivity index (χ4v) is 4.60. The zero-order valence-electron chi connectivity index (χ0n) is 21.2. The number of ether oxygens (including phenoxy) is 3. The Balaban J connectivity index is 1.05. The molecular weight excluding hydrogens is 490 g/mol. The van der Waals surface area contributed by atoms with Gasteiger partial charge in [-0.05, 0) is 46.9 Å². The fourth-order valence-electron chi connectivity index (χ4n) is 4.60. The zero-order valence-corrected chi connectivity index (χ0v) is 21.2. The number of hydrogen-bond acceptors (Lipinski definition) is 9. The van der Waals surface area contributed by atoms with Crippen molar-refractivity contribution in [2.45, 2.75) is 19.1 Å². The average Bonchev–Trinajstić information content (AvgIpc) is 3.38. The van der Waals surface area contributed by atoms with Crippen molar-refractivity contribution in [2.24, 2.45) is 0 Å². The second-order valence-corrected chi connectivity index (χ2v) is 9.29. The minimum Gasteiger partial charge on any atom is -0.504 e. The van der Waals surface area contributed by atoms with Crippen molar-refractivity contribution in [1.29, 1.82) is 0 Å². The molecule has 0 bridgehead atoms. The minimum atomic E-state index is -0.518. The van der Waals surface area contributed by atoms with E-state index in [0.29, 0.717) is 25.3 Å². The molecule has 1 atom stereocenters. The van der Waals surface area contributed by atoms with E-state index in [4.69, 9.17) is 14.2 Å². The van der Waals surface area contributed by atoms with Gasteiger partial charge >= 0.3 is 11.8 Å². The number of anilines is 1. The number of nitro groups is 1. The summed E-state index contributed by atoms with van der Waals surface area (Å²) >= 11 is 0. The van der Waals surface area contributed by atoms with E-state index in [9.17, 15) is 15.2 Å². The number of phenolic OH excluding ortho intramolecular Hbond substituents is 1. The van der Waals surface area contributed by atoms with E-state index >= 15 is 0 Å². The van der Waals surface area contributed by atoms with Crippen LogP contribution in [0.5, 0.6) is 23.3 Å². The molecule has 0 unspecified atom stereocenters. The third-order valence-electron chi connectivity index (χ3n) is 6.77. The molecule has 0 saturated carbocycles. The van der Waals surface area contributed by atoms with Crippen LogP contribution in [0.15, 0.2) is 54.7 Å². The van der Waals surface area contributed by atoms with Gasteiger partial charge in [0.05, 0.1) is 7.11 Å². The van der Waals surface area contributed by atoms with Gasteiger partial charge in [-0.2, -0.15) is 0 Å². The number of aryl methyl sites for hydroxylation is 1. The van der Waals surface area contributed by atoms with Gasteiger partial charge in [-0.3, -0.25) is 9.47 Å². The van der Waals surface area contributed by atoms with E-state index in [1.807, 2.05) is 30.3 Å². The Labute approximate surface area is 220 Å². The third-order valence-corrected chi connectivity index (χ3v) is 6.77. The Morgan fingerprint density at radius 2 is 1.95 bits per heavy atom. The monoisotopic (exact) mass is 521 g/mol. The molecule has 2 aromatic carbocycles. The van der Waals surface area contributed by atoms with Crippen LogP contribution in [-0.2, 0) is 6.54 Å². The topological polar surface area (TPSA) is 115 Å². The Kier molecular flexibility index (Phi) is 7.64. The molecule has 1 fully saturated rings. The normalized spacial score (nSPS) is 17.7. The molecule has 3 aromatic rings. The van der Waals surface area contributed by atoms with Crippen molar-refractivity contribution in [3.05, 3.63) is 70.4 Å². The molecular formula is C27H31N5O6. The molecule has 11 heteroatoms. The van der Waals surface area contributed by atoms with Crippen LogP contribution in [-0.4, -0.2) is 77.0 Å². The van der Waals surface area contributed by atoms with Gasteiger partial charge in [-0.25, -0.2) is 0 Å². The van der Waals surface area contributed by atoms with Crippen molar-refractivity contribution in [2.75, 3.05) is 51.3 Å². The van der Waals surface area contributed by atoms with E-state index in [-0.39, 0.29) is 23.7 Å². The van der Waals surface area contributed by atoms with Crippen LogP contribution in [0.3, 0.4) is 0 Å². The molecule has 2 aliphatic heterocycles. The lowest BCUT2D eigenvalue weighted by molar-refractivity contribution is -0.389. The first-order valence-corrected chi connectivity index (χ1v) is 12.6. The van der Waals surface area contributed by atoms with Crippen LogP contribution in [0.2, 0.25) is 0 Å². The Morgan fingerprint density at radius 3 is 2.68 bits per heavy atom. The molecule has 0 aliphatic carbocycles. The molecule has 1 N–H and O–H groups in total. The van der Waals surface area contributed by atoms with Crippen LogP contribution in [0, 0.1) is 10.1 Å². The number of piperazine rings is 1. The molecule has 0 amide bonds. The highest BCUT2D eigenvalue weighted by molar-refractivity contribution is 5.55. The van der Waals surface area contributed by atoms with Crippen LogP contribution < -0.4 is 19.1 Å². The van der Waals surface area contributed by atoms with Crippen molar-refractivity contribution < 1.29 is 24.2 Å². The predicted octanol–water partition coefficient (Wildman–Crippen LogP) is 3.57. The quantitative estimate of drug-likeness (QED) is 0.333. The highest BCUT2D eigenvalue weighted by Crippen LogP contribution is 2.27. The van der Waals surface area contributed by atoms with E-state index < -0.39 is 4.92 Å². The van der Waals surface area contributed by atoms with Crippen molar-refractivity contribution in [1.82, 2.24) is 14.5 Å². The number of hydrogen-bond donors (Lipinski definition) is 1. The second kappa shape index (κ2) is 11.4. The summed E-state index contributed by atoms with van der Waals surface area (Å²) in [7, 11) is 1.55. The van der Waals surface area contributed by atoms with Crippen molar-refractivity contribution >= 4 is 17.6 Å². The van der Waals surface area contributed by atoms with Gasteiger partial charge in [-0.15, -0.1) is 0 Å². The number of fused-ring (bicyclic) bond motifs is 1. The highest BCUT2D eigenvalue weighted by atomic mass is 16.6. The van der Waals surface area contributed by atoms with Gasteiger partial charge < -0.3 is 34.3 Å². The number of nitrogens with zero attached hydrogens (tertiary/aromatic N) is 5. The summed E-state index contributed by atoms with van der Waals surface area (Å²) in [5.74, 6) is 1.17. The Hall–Kier alpha value is -4.25. The predicted molar refractivity (Wildman–Crippen MR) is 142 cm³/mol. The zero-order chi connectivity index (χ0) is 26.5. The lowest BCUT2D eigenvalue weighted by Crippen LogP contribution is -2.46.